The number of hydrogen-bond donors (Lipinski definition) is 0. The van der Waals surface area contributed by atoms with E-state index < -0.39 is 9.04 Å². The summed E-state index contributed by atoms with van der Waals surface area (Å²) < 4.78 is 16.6. The van der Waals surface area contributed by atoms with Crippen molar-refractivity contribution in [2.24, 2.45) is 11.8 Å². The summed E-state index contributed by atoms with van der Waals surface area (Å²) >= 11 is 0. The summed E-state index contributed by atoms with van der Waals surface area (Å²) in [5.41, 5.74) is 0.777. The van der Waals surface area contributed by atoms with E-state index in [9.17, 15) is 0 Å². The normalized spacial score (nSPS) is 25.0. The largest absolute Gasteiger partial charge is 0.420 e. The van der Waals surface area contributed by atoms with Crippen LogP contribution in [0.3, 0.4) is 0 Å². The third-order valence-corrected chi connectivity index (χ3v) is 6.48. The summed E-state index contributed by atoms with van der Waals surface area (Å²) in [7, 11) is -1.04. The van der Waals surface area contributed by atoms with Crippen LogP contribution in [-0.4, -0.2) is 42.1 Å². The van der Waals surface area contributed by atoms with Gasteiger partial charge in [0.2, 0.25) is 0 Å². The summed E-state index contributed by atoms with van der Waals surface area (Å²) in [5.74, 6) is 1.52. The minimum atomic E-state index is -1.04. The molecule has 1 unspecified atom stereocenters. The van der Waals surface area contributed by atoms with Crippen molar-refractivity contribution in [3.05, 3.63) is 0 Å². The Morgan fingerprint density at radius 2 is 1.73 bits per heavy atom. The smallest absolute Gasteiger partial charge is 0.177 e. The molecule has 2 fully saturated rings. The molecule has 0 aliphatic carbocycles. The first kappa shape index (κ1) is 11.6. The summed E-state index contributed by atoms with van der Waals surface area (Å²) in [6.07, 6.45) is 1.13. The monoisotopic (exact) mass is 230 g/mol. The molecule has 2 rings (SSSR count). The van der Waals surface area contributed by atoms with Crippen LogP contribution in [0.4, 0.5) is 0 Å². The van der Waals surface area contributed by atoms with E-state index in [4.69, 9.17) is 13.9 Å². The zero-order valence-electron chi connectivity index (χ0n) is 9.78. The van der Waals surface area contributed by atoms with Crippen LogP contribution < -0.4 is 0 Å². The zero-order chi connectivity index (χ0) is 10.7. The Kier molecular flexibility index (Phi) is 4.19. The van der Waals surface area contributed by atoms with Crippen LogP contribution in [-0.2, 0) is 13.9 Å². The highest BCUT2D eigenvalue weighted by Gasteiger charge is 2.42. The predicted octanol–water partition coefficient (Wildman–Crippen LogP) is 1.43. The Morgan fingerprint density at radius 1 is 1.20 bits per heavy atom. The molecule has 0 saturated carbocycles. The molecule has 0 N–H and O–H groups in total. The Bertz CT molecular complexity index is 178. The minimum absolute atomic E-state index is 0.762. The van der Waals surface area contributed by atoms with Crippen LogP contribution in [0.2, 0.25) is 12.1 Å². The second kappa shape index (κ2) is 5.43. The molecule has 0 amide bonds. The van der Waals surface area contributed by atoms with E-state index in [2.05, 4.69) is 13.5 Å². The van der Waals surface area contributed by atoms with Gasteiger partial charge in [-0.1, -0.05) is 6.92 Å². The standard InChI is InChI=1S/C11H22O3Si/c1-3-4-14-15(2)11(9-5-12-6-9)10-7-13-8-10/h9-11,15H,3-8H2,1-2H3. The fraction of sp³-hybridized carbons (Fsp3) is 1.00. The minimum Gasteiger partial charge on any atom is -0.420 e. The van der Waals surface area contributed by atoms with Gasteiger partial charge in [-0.15, -0.1) is 0 Å². The average Bonchev–Trinajstić information content (AvgIpc) is 2.07. The topological polar surface area (TPSA) is 27.7 Å². The molecule has 1 atom stereocenters. The van der Waals surface area contributed by atoms with E-state index >= 15 is 0 Å². The van der Waals surface area contributed by atoms with Crippen LogP contribution in [0.15, 0.2) is 0 Å². The Morgan fingerprint density at radius 3 is 2.07 bits per heavy atom. The Balaban J connectivity index is 1.85. The average molecular weight is 230 g/mol. The summed E-state index contributed by atoms with van der Waals surface area (Å²) in [6, 6.07) is 0. The molecular weight excluding hydrogens is 208 g/mol. The summed E-state index contributed by atoms with van der Waals surface area (Å²) in [6.45, 7) is 9.26. The highest BCUT2D eigenvalue weighted by molar-refractivity contribution is 6.52. The molecule has 2 aliphatic rings. The van der Waals surface area contributed by atoms with Gasteiger partial charge in [0.1, 0.15) is 0 Å². The summed E-state index contributed by atoms with van der Waals surface area (Å²) in [5, 5.41) is 0. The molecule has 15 heavy (non-hydrogen) atoms. The van der Waals surface area contributed by atoms with Crippen molar-refractivity contribution in [1.82, 2.24) is 0 Å². The molecule has 2 saturated heterocycles. The van der Waals surface area contributed by atoms with E-state index in [0.717, 1.165) is 56.8 Å². The van der Waals surface area contributed by atoms with E-state index in [1.165, 1.54) is 0 Å². The van der Waals surface area contributed by atoms with Crippen LogP contribution in [0.1, 0.15) is 13.3 Å². The number of ether oxygens (including phenoxy) is 2. The van der Waals surface area contributed by atoms with Gasteiger partial charge in [0, 0.05) is 18.4 Å². The van der Waals surface area contributed by atoms with Crippen molar-refractivity contribution < 1.29 is 13.9 Å². The quantitative estimate of drug-likeness (QED) is 0.646. The van der Waals surface area contributed by atoms with E-state index in [0.29, 0.717) is 0 Å². The predicted molar refractivity (Wildman–Crippen MR) is 61.6 cm³/mol. The van der Waals surface area contributed by atoms with E-state index in [1.54, 1.807) is 0 Å². The maximum Gasteiger partial charge on any atom is 0.177 e. The Labute approximate surface area is 93.8 Å². The molecule has 0 aromatic carbocycles. The maximum absolute atomic E-state index is 5.99. The fourth-order valence-corrected chi connectivity index (χ4v) is 5.33. The molecule has 88 valence electrons. The van der Waals surface area contributed by atoms with Gasteiger partial charge < -0.3 is 13.9 Å². The highest BCUT2D eigenvalue weighted by Crippen LogP contribution is 2.39. The van der Waals surface area contributed by atoms with Crippen LogP contribution in [0.5, 0.6) is 0 Å². The van der Waals surface area contributed by atoms with Gasteiger partial charge in [-0.3, -0.25) is 0 Å². The third-order valence-electron chi connectivity index (χ3n) is 3.54. The van der Waals surface area contributed by atoms with E-state index in [1.807, 2.05) is 0 Å². The molecule has 0 bridgehead atoms. The van der Waals surface area contributed by atoms with Crippen molar-refractivity contribution in [3.63, 3.8) is 0 Å². The molecule has 0 aromatic rings. The SMILES string of the molecule is CCCO[SiH](C)C(C1COC1)C1COC1. The lowest BCUT2D eigenvalue weighted by Crippen LogP contribution is -2.47. The molecule has 0 spiro atoms. The fourth-order valence-electron chi connectivity index (χ4n) is 2.52. The number of hydrogen-bond acceptors (Lipinski definition) is 3. The lowest BCUT2D eigenvalue weighted by Gasteiger charge is -2.44. The van der Waals surface area contributed by atoms with Crippen molar-refractivity contribution >= 4 is 9.04 Å². The molecule has 3 nitrogen and oxygen atoms in total. The molecular formula is C11H22O3Si. The molecule has 2 heterocycles. The Hall–Kier alpha value is 0.0969. The van der Waals surface area contributed by atoms with Crippen molar-refractivity contribution in [2.45, 2.75) is 25.4 Å². The first-order valence-corrected chi connectivity index (χ1v) is 8.39. The van der Waals surface area contributed by atoms with Crippen LogP contribution >= 0.6 is 0 Å². The number of rotatable bonds is 6. The van der Waals surface area contributed by atoms with Gasteiger partial charge in [-0.05, 0) is 18.5 Å². The van der Waals surface area contributed by atoms with Crippen molar-refractivity contribution in [2.75, 3.05) is 33.0 Å². The zero-order valence-corrected chi connectivity index (χ0v) is 10.9. The van der Waals surface area contributed by atoms with Crippen LogP contribution in [0, 0.1) is 11.8 Å². The van der Waals surface area contributed by atoms with Crippen molar-refractivity contribution in [3.8, 4) is 0 Å². The van der Waals surface area contributed by atoms with Gasteiger partial charge in [-0.2, -0.15) is 0 Å². The first-order valence-electron chi connectivity index (χ1n) is 6.10. The van der Waals surface area contributed by atoms with Gasteiger partial charge >= 0.3 is 0 Å². The molecule has 0 radical (unpaired) electrons. The van der Waals surface area contributed by atoms with Gasteiger partial charge in [0.25, 0.3) is 0 Å². The van der Waals surface area contributed by atoms with Crippen LogP contribution in [0.25, 0.3) is 0 Å². The van der Waals surface area contributed by atoms with E-state index in [-0.39, 0.29) is 0 Å². The molecule has 2 aliphatic heterocycles. The van der Waals surface area contributed by atoms with Gasteiger partial charge in [0.15, 0.2) is 9.04 Å². The lowest BCUT2D eigenvalue weighted by atomic mass is 9.91. The second-order valence-electron chi connectivity index (χ2n) is 4.75. The maximum atomic E-state index is 5.99. The summed E-state index contributed by atoms with van der Waals surface area (Å²) in [4.78, 5) is 0. The third kappa shape index (κ3) is 2.61. The van der Waals surface area contributed by atoms with Gasteiger partial charge in [0.05, 0.1) is 26.4 Å². The molecule has 0 aromatic heterocycles. The highest BCUT2D eigenvalue weighted by atomic mass is 28.3. The lowest BCUT2D eigenvalue weighted by molar-refractivity contribution is -0.0922. The molecule has 4 heteroatoms. The first-order chi connectivity index (χ1) is 7.33. The second-order valence-corrected chi connectivity index (χ2v) is 7.26. The van der Waals surface area contributed by atoms with Crippen molar-refractivity contribution in [1.29, 1.82) is 0 Å². The van der Waals surface area contributed by atoms with Gasteiger partial charge in [-0.25, -0.2) is 0 Å².